The minimum atomic E-state index is 1.12. The molecule has 136 valence electrons. The summed E-state index contributed by atoms with van der Waals surface area (Å²) >= 11 is 1.78. The molecule has 0 spiro atoms. The van der Waals surface area contributed by atoms with E-state index in [-0.39, 0.29) is 0 Å². The number of aromatic nitrogens is 3. The molecule has 0 amide bonds. The van der Waals surface area contributed by atoms with Crippen LogP contribution in [0.25, 0.3) is 54.0 Å². The molecule has 4 heterocycles. The maximum atomic E-state index is 4.84. The van der Waals surface area contributed by atoms with Crippen LogP contribution >= 0.6 is 11.3 Å². The van der Waals surface area contributed by atoms with Crippen LogP contribution in [0.5, 0.6) is 0 Å². The number of thiophene rings is 1. The number of benzene rings is 3. The van der Waals surface area contributed by atoms with Gasteiger partial charge in [-0.15, -0.1) is 11.3 Å². The summed E-state index contributed by atoms with van der Waals surface area (Å²) in [5.41, 5.74) is 5.84. The fourth-order valence-electron chi connectivity index (χ4n) is 4.68. The number of hydrogen-bond acceptors (Lipinski definition) is 2. The molecule has 0 bridgehead atoms. The molecule has 3 aromatic carbocycles. The van der Waals surface area contributed by atoms with Crippen LogP contribution in [0.3, 0.4) is 0 Å². The number of hydrogen-bond donors (Lipinski definition) is 0. The lowest BCUT2D eigenvalue weighted by molar-refractivity contribution is 1.01. The molecular formula is C25H15N3S. The summed E-state index contributed by atoms with van der Waals surface area (Å²) in [6.07, 6.45) is 2.01. The van der Waals surface area contributed by atoms with Crippen LogP contribution in [0.15, 0.2) is 90.4 Å². The van der Waals surface area contributed by atoms with Crippen molar-refractivity contribution in [3.05, 3.63) is 90.4 Å². The molecule has 4 aromatic heterocycles. The molecule has 0 saturated carbocycles. The Morgan fingerprint density at radius 3 is 1.97 bits per heavy atom. The average Bonchev–Trinajstić information content (AvgIpc) is 3.49. The zero-order chi connectivity index (χ0) is 18.9. The molecule has 0 aliphatic rings. The Hall–Kier alpha value is -3.63. The summed E-state index contributed by atoms with van der Waals surface area (Å²) in [7, 11) is 0. The van der Waals surface area contributed by atoms with Gasteiger partial charge in [-0.3, -0.25) is 0 Å². The van der Waals surface area contributed by atoms with E-state index in [0.29, 0.717) is 0 Å². The van der Waals surface area contributed by atoms with Crippen LogP contribution in [0.1, 0.15) is 0 Å². The molecule has 0 atom stereocenters. The maximum absolute atomic E-state index is 4.84. The molecule has 3 nitrogen and oxygen atoms in total. The molecule has 0 saturated heterocycles. The van der Waals surface area contributed by atoms with Crippen LogP contribution in [0.2, 0.25) is 0 Å². The van der Waals surface area contributed by atoms with Gasteiger partial charge in [0.1, 0.15) is 0 Å². The quantitative estimate of drug-likeness (QED) is 0.303. The van der Waals surface area contributed by atoms with Gasteiger partial charge in [0.15, 0.2) is 0 Å². The van der Waals surface area contributed by atoms with Crippen LogP contribution in [-0.2, 0) is 0 Å². The van der Waals surface area contributed by atoms with Crippen LogP contribution in [0, 0.1) is 0 Å². The van der Waals surface area contributed by atoms with Gasteiger partial charge < -0.3 is 4.57 Å². The Kier molecular flexibility index (Phi) is 2.88. The van der Waals surface area contributed by atoms with E-state index in [2.05, 4.69) is 93.3 Å². The minimum Gasteiger partial charge on any atom is -0.306 e. The lowest BCUT2D eigenvalue weighted by atomic mass is 10.1. The third-order valence-corrected chi connectivity index (χ3v) is 6.81. The van der Waals surface area contributed by atoms with Crippen LogP contribution in [0.4, 0.5) is 0 Å². The van der Waals surface area contributed by atoms with Gasteiger partial charge in [0.25, 0.3) is 0 Å². The zero-order valence-electron chi connectivity index (χ0n) is 15.4. The molecule has 0 radical (unpaired) electrons. The molecule has 29 heavy (non-hydrogen) atoms. The van der Waals surface area contributed by atoms with Crippen molar-refractivity contribution in [1.82, 2.24) is 14.2 Å². The predicted molar refractivity (Wildman–Crippen MR) is 122 cm³/mol. The summed E-state index contributed by atoms with van der Waals surface area (Å²) < 4.78 is 5.75. The highest BCUT2D eigenvalue weighted by Gasteiger charge is 2.18. The van der Waals surface area contributed by atoms with Gasteiger partial charge in [-0.05, 0) is 23.6 Å². The van der Waals surface area contributed by atoms with Crippen molar-refractivity contribution in [2.75, 3.05) is 0 Å². The highest BCUT2D eigenvalue weighted by molar-refractivity contribution is 7.18. The van der Waals surface area contributed by atoms with Gasteiger partial charge in [-0.1, -0.05) is 60.7 Å². The van der Waals surface area contributed by atoms with E-state index in [1.54, 1.807) is 11.3 Å². The molecule has 0 fully saturated rings. The van der Waals surface area contributed by atoms with Crippen molar-refractivity contribution in [1.29, 1.82) is 0 Å². The van der Waals surface area contributed by atoms with Crippen molar-refractivity contribution in [2.45, 2.75) is 0 Å². The first kappa shape index (κ1) is 15.3. The molecule has 0 unspecified atom stereocenters. The van der Waals surface area contributed by atoms with Gasteiger partial charge in [-0.25, -0.2) is 4.52 Å². The maximum Gasteiger partial charge on any atom is 0.0989 e. The van der Waals surface area contributed by atoms with Gasteiger partial charge in [0.2, 0.25) is 0 Å². The lowest BCUT2D eigenvalue weighted by Gasteiger charge is -2.09. The third-order valence-electron chi connectivity index (χ3n) is 5.87. The Morgan fingerprint density at radius 2 is 1.24 bits per heavy atom. The second-order valence-electron chi connectivity index (χ2n) is 7.34. The van der Waals surface area contributed by atoms with E-state index in [1.165, 1.54) is 37.3 Å². The number of para-hydroxylation sites is 2. The predicted octanol–water partition coefficient (Wildman–Crippen LogP) is 6.80. The number of pyridine rings is 1. The second kappa shape index (κ2) is 5.46. The summed E-state index contributed by atoms with van der Waals surface area (Å²) in [4.78, 5) is 0. The Balaban J connectivity index is 1.76. The van der Waals surface area contributed by atoms with E-state index in [4.69, 9.17) is 5.10 Å². The topological polar surface area (TPSA) is 22.2 Å². The Labute approximate surface area is 170 Å². The molecule has 0 aliphatic heterocycles. The van der Waals surface area contributed by atoms with Crippen molar-refractivity contribution in [3.63, 3.8) is 0 Å². The number of rotatable bonds is 1. The van der Waals surface area contributed by atoms with E-state index in [0.717, 1.165) is 16.7 Å². The van der Waals surface area contributed by atoms with Crippen molar-refractivity contribution in [2.24, 2.45) is 0 Å². The number of fused-ring (bicyclic) bond motifs is 9. The smallest absolute Gasteiger partial charge is 0.0989 e. The highest BCUT2D eigenvalue weighted by atomic mass is 32.1. The standard InChI is InChI=1S/C25H15N3S/c1-2-10-19-18(9-1)24-23(15-26-28(24)22-13-14-29-25(19)22)27-20-11-5-3-7-16(20)17-8-4-6-12-21(17)27/h1-15H. The first-order valence-corrected chi connectivity index (χ1v) is 10.5. The van der Waals surface area contributed by atoms with Gasteiger partial charge in [-0.2, -0.15) is 5.10 Å². The fraction of sp³-hybridized carbons (Fsp3) is 0. The summed E-state index contributed by atoms with van der Waals surface area (Å²) in [5, 5.41) is 12.0. The molecular weight excluding hydrogens is 374 g/mol. The van der Waals surface area contributed by atoms with Gasteiger partial charge >= 0.3 is 0 Å². The largest absolute Gasteiger partial charge is 0.306 e. The van der Waals surface area contributed by atoms with Crippen LogP contribution in [-0.4, -0.2) is 14.2 Å². The molecule has 0 aliphatic carbocycles. The van der Waals surface area contributed by atoms with E-state index < -0.39 is 0 Å². The van der Waals surface area contributed by atoms with Gasteiger partial charge in [0.05, 0.1) is 38.7 Å². The highest BCUT2D eigenvalue weighted by Crippen LogP contribution is 2.38. The summed E-state index contributed by atoms with van der Waals surface area (Å²) in [6.45, 7) is 0. The normalized spacial score (nSPS) is 12.1. The first-order valence-electron chi connectivity index (χ1n) is 9.66. The second-order valence-corrected chi connectivity index (χ2v) is 8.26. The lowest BCUT2D eigenvalue weighted by Crippen LogP contribution is -1.95. The van der Waals surface area contributed by atoms with Crippen LogP contribution < -0.4 is 0 Å². The third kappa shape index (κ3) is 1.89. The SMILES string of the molecule is c1ccc2c(c1)c1sccc1n1ncc(-n3c4ccccc4c4ccccc43)c21. The van der Waals surface area contributed by atoms with Gasteiger partial charge in [0, 0.05) is 21.5 Å². The van der Waals surface area contributed by atoms with E-state index in [9.17, 15) is 0 Å². The summed E-state index contributed by atoms with van der Waals surface area (Å²) in [5.74, 6) is 0. The number of nitrogens with zero attached hydrogens (tertiary/aromatic N) is 3. The Bertz CT molecular complexity index is 1660. The Morgan fingerprint density at radius 1 is 0.621 bits per heavy atom. The van der Waals surface area contributed by atoms with Crippen molar-refractivity contribution in [3.8, 4) is 5.69 Å². The molecule has 4 heteroatoms. The zero-order valence-corrected chi connectivity index (χ0v) is 16.2. The summed E-state index contributed by atoms with van der Waals surface area (Å²) in [6, 6.07) is 28.1. The molecule has 7 rings (SSSR count). The monoisotopic (exact) mass is 389 g/mol. The molecule has 7 aromatic rings. The first-order chi connectivity index (χ1) is 14.4. The van der Waals surface area contributed by atoms with E-state index in [1.807, 2.05) is 6.20 Å². The minimum absolute atomic E-state index is 1.12. The van der Waals surface area contributed by atoms with Crippen molar-refractivity contribution >= 4 is 59.6 Å². The van der Waals surface area contributed by atoms with Crippen molar-refractivity contribution < 1.29 is 0 Å². The molecule has 0 N–H and O–H groups in total. The fourth-order valence-corrected chi connectivity index (χ4v) is 5.59. The van der Waals surface area contributed by atoms with E-state index >= 15 is 0 Å². The average molecular weight is 389 g/mol.